The first-order valence-electron chi connectivity index (χ1n) is 4.11. The van der Waals surface area contributed by atoms with Crippen LogP contribution in [-0.4, -0.2) is 17.6 Å². The summed E-state index contributed by atoms with van der Waals surface area (Å²) in [6, 6.07) is 0. The zero-order valence-electron chi connectivity index (χ0n) is 6.11. The standard InChI is InChI=1S/C8H10F2O/c9-8(10)6(1-2-6)7(8)3-5(7)4-11/h5,11H,1-4H2. The van der Waals surface area contributed by atoms with E-state index in [4.69, 9.17) is 5.11 Å². The summed E-state index contributed by atoms with van der Waals surface area (Å²) in [4.78, 5) is 0. The van der Waals surface area contributed by atoms with Crippen LogP contribution in [0, 0.1) is 16.7 Å². The van der Waals surface area contributed by atoms with Crippen molar-refractivity contribution < 1.29 is 13.9 Å². The number of alkyl halides is 2. The van der Waals surface area contributed by atoms with Crippen LogP contribution in [0.2, 0.25) is 0 Å². The van der Waals surface area contributed by atoms with Crippen molar-refractivity contribution in [2.45, 2.75) is 25.2 Å². The fourth-order valence-corrected chi connectivity index (χ4v) is 3.10. The van der Waals surface area contributed by atoms with Gasteiger partial charge in [-0.25, -0.2) is 8.78 Å². The molecule has 1 nitrogen and oxygen atoms in total. The van der Waals surface area contributed by atoms with Crippen molar-refractivity contribution in [1.82, 2.24) is 0 Å². The molecule has 2 spiro atoms. The topological polar surface area (TPSA) is 20.2 Å². The maximum atomic E-state index is 13.1. The van der Waals surface area contributed by atoms with Crippen LogP contribution in [-0.2, 0) is 0 Å². The van der Waals surface area contributed by atoms with Crippen molar-refractivity contribution in [3.63, 3.8) is 0 Å². The Balaban J connectivity index is 1.94. The molecule has 3 rings (SSSR count). The van der Waals surface area contributed by atoms with E-state index in [1.54, 1.807) is 0 Å². The van der Waals surface area contributed by atoms with Crippen LogP contribution in [0.4, 0.5) is 8.78 Å². The highest BCUT2D eigenvalue weighted by molar-refractivity contribution is 5.43. The highest BCUT2D eigenvalue weighted by Gasteiger charge is 3.02. The number of halogens is 2. The summed E-state index contributed by atoms with van der Waals surface area (Å²) in [6.07, 6.45) is 1.95. The number of aliphatic hydroxyl groups is 1. The van der Waals surface area contributed by atoms with E-state index in [-0.39, 0.29) is 12.5 Å². The number of fused-ring (bicyclic) bond motifs is 1. The van der Waals surface area contributed by atoms with E-state index in [9.17, 15) is 8.78 Å². The van der Waals surface area contributed by atoms with Gasteiger partial charge in [0.2, 0.25) is 0 Å². The van der Waals surface area contributed by atoms with Crippen molar-refractivity contribution in [2.24, 2.45) is 16.7 Å². The Morgan fingerprint density at radius 1 is 1.36 bits per heavy atom. The van der Waals surface area contributed by atoms with Crippen LogP contribution in [0.25, 0.3) is 0 Å². The van der Waals surface area contributed by atoms with Gasteiger partial charge in [-0.2, -0.15) is 0 Å². The molecule has 0 aromatic carbocycles. The minimum atomic E-state index is -2.42. The van der Waals surface area contributed by atoms with Gasteiger partial charge in [-0.3, -0.25) is 0 Å². The van der Waals surface area contributed by atoms with Gasteiger partial charge in [-0.1, -0.05) is 0 Å². The van der Waals surface area contributed by atoms with E-state index >= 15 is 0 Å². The highest BCUT2D eigenvalue weighted by Crippen LogP contribution is 2.97. The molecule has 0 aromatic heterocycles. The molecule has 2 atom stereocenters. The maximum Gasteiger partial charge on any atom is 0.261 e. The highest BCUT2D eigenvalue weighted by atomic mass is 19.3. The van der Waals surface area contributed by atoms with E-state index in [0.29, 0.717) is 19.3 Å². The van der Waals surface area contributed by atoms with E-state index in [1.807, 2.05) is 0 Å². The molecule has 0 radical (unpaired) electrons. The van der Waals surface area contributed by atoms with Gasteiger partial charge in [0.05, 0.1) is 5.41 Å². The molecule has 62 valence electrons. The summed E-state index contributed by atoms with van der Waals surface area (Å²) >= 11 is 0. The van der Waals surface area contributed by atoms with Crippen molar-refractivity contribution >= 4 is 0 Å². The van der Waals surface area contributed by atoms with E-state index in [1.165, 1.54) is 0 Å². The molecular weight excluding hydrogens is 150 g/mol. The third kappa shape index (κ3) is 0.360. The summed E-state index contributed by atoms with van der Waals surface area (Å²) < 4.78 is 26.3. The lowest BCUT2D eigenvalue weighted by molar-refractivity contribution is 0.0707. The van der Waals surface area contributed by atoms with E-state index < -0.39 is 16.8 Å². The van der Waals surface area contributed by atoms with Crippen LogP contribution in [0.15, 0.2) is 0 Å². The molecular formula is C8H10F2O. The van der Waals surface area contributed by atoms with Gasteiger partial charge in [0.25, 0.3) is 5.92 Å². The number of rotatable bonds is 1. The van der Waals surface area contributed by atoms with Crippen LogP contribution in [0.3, 0.4) is 0 Å². The molecule has 0 saturated heterocycles. The lowest BCUT2D eigenvalue weighted by Gasteiger charge is -1.89. The van der Waals surface area contributed by atoms with Gasteiger partial charge >= 0.3 is 0 Å². The maximum absolute atomic E-state index is 13.1. The largest absolute Gasteiger partial charge is 0.396 e. The Hall–Kier alpha value is -0.180. The minimum Gasteiger partial charge on any atom is -0.396 e. The summed E-state index contributed by atoms with van der Waals surface area (Å²) in [5.74, 6) is -2.51. The summed E-state index contributed by atoms with van der Waals surface area (Å²) in [7, 11) is 0. The fraction of sp³-hybridized carbons (Fsp3) is 1.00. The molecule has 3 fully saturated rings. The third-order valence-electron chi connectivity index (χ3n) is 4.03. The average molecular weight is 160 g/mol. The molecule has 0 bridgehead atoms. The van der Waals surface area contributed by atoms with Crippen molar-refractivity contribution in [1.29, 1.82) is 0 Å². The van der Waals surface area contributed by atoms with Crippen LogP contribution in [0.5, 0.6) is 0 Å². The van der Waals surface area contributed by atoms with Crippen LogP contribution >= 0.6 is 0 Å². The Labute approximate surface area is 63.4 Å². The van der Waals surface area contributed by atoms with Gasteiger partial charge in [0.1, 0.15) is 0 Å². The normalized spacial score (nSPS) is 53.2. The number of aliphatic hydroxyl groups excluding tert-OH is 1. The van der Waals surface area contributed by atoms with Crippen LogP contribution < -0.4 is 0 Å². The SMILES string of the molecule is OCC1CC12C(F)(F)C21CC1. The van der Waals surface area contributed by atoms with Crippen LogP contribution in [0.1, 0.15) is 19.3 Å². The van der Waals surface area contributed by atoms with E-state index in [2.05, 4.69) is 0 Å². The fourth-order valence-electron chi connectivity index (χ4n) is 3.10. The second-order valence-corrected chi connectivity index (χ2v) is 4.21. The first-order chi connectivity index (χ1) is 5.12. The minimum absolute atomic E-state index is 0.0443. The number of hydrogen-bond donors (Lipinski definition) is 1. The molecule has 3 saturated carbocycles. The Morgan fingerprint density at radius 3 is 2.27 bits per heavy atom. The van der Waals surface area contributed by atoms with Gasteiger partial charge in [-0.05, 0) is 25.2 Å². The smallest absolute Gasteiger partial charge is 0.261 e. The lowest BCUT2D eigenvalue weighted by atomic mass is 10.2. The Kier molecular flexibility index (Phi) is 0.716. The molecule has 0 aliphatic heterocycles. The molecule has 1 N–H and O–H groups in total. The van der Waals surface area contributed by atoms with E-state index in [0.717, 1.165) is 0 Å². The predicted octanol–water partition coefficient (Wildman–Crippen LogP) is 1.41. The monoisotopic (exact) mass is 160 g/mol. The molecule has 3 aliphatic carbocycles. The first kappa shape index (κ1) is 6.35. The Morgan fingerprint density at radius 2 is 2.00 bits per heavy atom. The van der Waals surface area contributed by atoms with Crippen molar-refractivity contribution in [3.05, 3.63) is 0 Å². The van der Waals surface area contributed by atoms with Gasteiger partial charge < -0.3 is 5.11 Å². The van der Waals surface area contributed by atoms with Crippen molar-refractivity contribution in [2.75, 3.05) is 6.61 Å². The van der Waals surface area contributed by atoms with Crippen molar-refractivity contribution in [3.8, 4) is 0 Å². The molecule has 3 aliphatic rings. The summed E-state index contributed by atoms with van der Waals surface area (Å²) in [6.45, 7) is -0.0443. The third-order valence-corrected chi connectivity index (χ3v) is 4.03. The zero-order chi connectivity index (χ0) is 7.91. The zero-order valence-corrected chi connectivity index (χ0v) is 6.11. The van der Waals surface area contributed by atoms with Gasteiger partial charge in [-0.15, -0.1) is 0 Å². The lowest BCUT2D eigenvalue weighted by Crippen LogP contribution is -1.98. The summed E-state index contributed by atoms with van der Waals surface area (Å²) in [5, 5.41) is 8.74. The summed E-state index contributed by atoms with van der Waals surface area (Å²) in [5.41, 5.74) is -1.33. The Bertz CT molecular complexity index is 228. The second kappa shape index (κ2) is 1.24. The first-order valence-corrected chi connectivity index (χ1v) is 4.11. The second-order valence-electron chi connectivity index (χ2n) is 4.21. The molecule has 0 amide bonds. The van der Waals surface area contributed by atoms with Gasteiger partial charge in [0.15, 0.2) is 0 Å². The predicted molar refractivity (Wildman–Crippen MR) is 34.2 cm³/mol. The average Bonchev–Trinajstić information content (AvgIpc) is 2.83. The number of hydrogen-bond acceptors (Lipinski definition) is 1. The quantitative estimate of drug-likeness (QED) is 0.615. The van der Waals surface area contributed by atoms with Gasteiger partial charge in [0, 0.05) is 12.0 Å². The molecule has 0 aromatic rings. The molecule has 11 heavy (non-hydrogen) atoms. The molecule has 0 heterocycles. The molecule has 2 unspecified atom stereocenters. The molecule has 3 heteroatoms.